The molecular formula is C19H19N5O3S. The van der Waals surface area contributed by atoms with E-state index in [1.165, 1.54) is 41.4 Å². The molecule has 0 bridgehead atoms. The van der Waals surface area contributed by atoms with Gasteiger partial charge in [-0.05, 0) is 37.8 Å². The van der Waals surface area contributed by atoms with Crippen LogP contribution in [0.1, 0.15) is 46.6 Å². The van der Waals surface area contributed by atoms with Crippen molar-refractivity contribution in [1.29, 1.82) is 0 Å². The van der Waals surface area contributed by atoms with Crippen molar-refractivity contribution in [3.05, 3.63) is 63.2 Å². The standard InChI is InChI=1S/C19H19N5O3S/c25-18(22-19-21-14-5-3-1-2-4-6-17(14)28-19)13-7-8-15(16(11-13)24(26)27)23-10-9-20-12-23/h7-12H,1-6H2,(H,21,22,25). The number of hydrogen-bond donors (Lipinski definition) is 1. The molecule has 0 saturated carbocycles. The van der Waals surface area contributed by atoms with Gasteiger partial charge in [-0.15, -0.1) is 11.3 Å². The van der Waals surface area contributed by atoms with E-state index in [9.17, 15) is 14.9 Å². The highest BCUT2D eigenvalue weighted by Gasteiger charge is 2.20. The molecule has 1 amide bonds. The zero-order valence-electron chi connectivity index (χ0n) is 15.1. The smallest absolute Gasteiger partial charge is 0.294 e. The molecule has 1 N–H and O–H groups in total. The Bertz CT molecular complexity index is 987. The number of nitrogens with one attached hydrogen (secondary N) is 1. The van der Waals surface area contributed by atoms with Crippen LogP contribution in [0.3, 0.4) is 0 Å². The van der Waals surface area contributed by atoms with Crippen molar-refractivity contribution < 1.29 is 9.72 Å². The second-order valence-corrected chi connectivity index (χ2v) is 7.77. The predicted octanol–water partition coefficient (Wildman–Crippen LogP) is 4.15. The Hall–Kier alpha value is -3.07. The SMILES string of the molecule is O=C(Nc1nc2c(s1)CCCCCC2)c1ccc(-n2ccnc2)c([N+](=O)[O-])c1. The lowest BCUT2D eigenvalue weighted by Gasteiger charge is -2.06. The summed E-state index contributed by atoms with van der Waals surface area (Å²) >= 11 is 1.50. The van der Waals surface area contributed by atoms with Gasteiger partial charge in [-0.1, -0.05) is 12.8 Å². The summed E-state index contributed by atoms with van der Waals surface area (Å²) in [5.74, 6) is -0.401. The average molecular weight is 397 g/mol. The summed E-state index contributed by atoms with van der Waals surface area (Å²) in [6.07, 6.45) is 11.3. The first-order valence-electron chi connectivity index (χ1n) is 9.18. The number of aryl methyl sites for hydroxylation is 2. The van der Waals surface area contributed by atoms with Crippen LogP contribution in [0.5, 0.6) is 0 Å². The number of hydrogen-bond acceptors (Lipinski definition) is 6. The molecule has 0 aliphatic heterocycles. The van der Waals surface area contributed by atoms with Crippen LogP contribution in [0.4, 0.5) is 10.8 Å². The molecule has 0 fully saturated rings. The summed E-state index contributed by atoms with van der Waals surface area (Å²) in [6, 6.07) is 4.41. The van der Waals surface area contributed by atoms with E-state index in [4.69, 9.17) is 0 Å². The van der Waals surface area contributed by atoms with Gasteiger partial charge in [-0.25, -0.2) is 9.97 Å². The molecule has 1 aromatic carbocycles. The molecule has 2 aromatic heterocycles. The number of imidazole rings is 1. The zero-order valence-corrected chi connectivity index (χ0v) is 15.9. The number of aromatic nitrogens is 3. The Kier molecular flexibility index (Phi) is 5.16. The predicted molar refractivity (Wildman–Crippen MR) is 106 cm³/mol. The molecule has 1 aliphatic carbocycles. The number of amides is 1. The molecule has 0 unspecified atom stereocenters. The Labute approximate surface area is 165 Å². The van der Waals surface area contributed by atoms with Crippen molar-refractivity contribution in [3.63, 3.8) is 0 Å². The molecular weight excluding hydrogens is 378 g/mol. The van der Waals surface area contributed by atoms with Gasteiger partial charge in [0.15, 0.2) is 5.13 Å². The van der Waals surface area contributed by atoms with E-state index in [1.807, 2.05) is 0 Å². The Balaban J connectivity index is 1.57. The second-order valence-electron chi connectivity index (χ2n) is 6.69. The third-order valence-electron chi connectivity index (χ3n) is 4.78. The number of thiazole rings is 1. The minimum absolute atomic E-state index is 0.156. The highest BCUT2D eigenvalue weighted by molar-refractivity contribution is 7.15. The number of carbonyl (C=O) groups is 1. The fraction of sp³-hybridized carbons (Fsp3) is 0.316. The van der Waals surface area contributed by atoms with Crippen LogP contribution in [0, 0.1) is 10.1 Å². The van der Waals surface area contributed by atoms with Crippen LogP contribution < -0.4 is 5.32 Å². The number of rotatable bonds is 4. The number of nitro benzene ring substituents is 1. The molecule has 4 rings (SSSR count). The number of nitrogens with zero attached hydrogens (tertiary/aromatic N) is 4. The van der Waals surface area contributed by atoms with Crippen LogP contribution in [0.15, 0.2) is 36.9 Å². The quantitative estimate of drug-likeness (QED) is 0.526. The van der Waals surface area contributed by atoms with Crippen LogP contribution in [0.25, 0.3) is 5.69 Å². The van der Waals surface area contributed by atoms with Gasteiger partial charge in [-0.2, -0.15) is 0 Å². The van der Waals surface area contributed by atoms with Gasteiger partial charge >= 0.3 is 0 Å². The summed E-state index contributed by atoms with van der Waals surface area (Å²) in [6.45, 7) is 0. The Morgan fingerprint density at radius 2 is 2.04 bits per heavy atom. The first-order valence-corrected chi connectivity index (χ1v) is 10.00. The van der Waals surface area contributed by atoms with E-state index < -0.39 is 10.8 Å². The maximum atomic E-state index is 12.6. The highest BCUT2D eigenvalue weighted by Crippen LogP contribution is 2.29. The lowest BCUT2D eigenvalue weighted by molar-refractivity contribution is -0.384. The number of carbonyl (C=O) groups excluding carboxylic acids is 1. The monoisotopic (exact) mass is 397 g/mol. The minimum atomic E-state index is -0.499. The number of fused-ring (bicyclic) bond motifs is 1. The fourth-order valence-corrected chi connectivity index (χ4v) is 4.40. The topological polar surface area (TPSA) is 103 Å². The van der Waals surface area contributed by atoms with Crippen LogP contribution in [-0.2, 0) is 12.8 Å². The van der Waals surface area contributed by atoms with Gasteiger partial charge in [0.1, 0.15) is 5.69 Å². The molecule has 0 radical (unpaired) electrons. The maximum absolute atomic E-state index is 12.6. The van der Waals surface area contributed by atoms with Crippen molar-refractivity contribution in [3.8, 4) is 5.69 Å². The molecule has 0 atom stereocenters. The van der Waals surface area contributed by atoms with Gasteiger partial charge in [0.25, 0.3) is 11.6 Å². The normalized spacial score (nSPS) is 14.0. The van der Waals surface area contributed by atoms with Gasteiger partial charge < -0.3 is 4.57 Å². The van der Waals surface area contributed by atoms with E-state index in [1.54, 1.807) is 29.1 Å². The third-order valence-corrected chi connectivity index (χ3v) is 5.86. The molecule has 9 heteroatoms. The largest absolute Gasteiger partial charge is 0.300 e. The van der Waals surface area contributed by atoms with E-state index in [0.717, 1.165) is 31.4 Å². The molecule has 0 saturated heterocycles. The summed E-state index contributed by atoms with van der Waals surface area (Å²) < 4.78 is 1.54. The molecule has 2 heterocycles. The lowest BCUT2D eigenvalue weighted by Crippen LogP contribution is -2.12. The summed E-state index contributed by atoms with van der Waals surface area (Å²) in [5, 5.41) is 14.8. The van der Waals surface area contributed by atoms with Gasteiger partial charge in [0.2, 0.25) is 0 Å². The van der Waals surface area contributed by atoms with Crippen molar-refractivity contribution in [2.24, 2.45) is 0 Å². The number of benzene rings is 1. The van der Waals surface area contributed by atoms with E-state index >= 15 is 0 Å². The van der Waals surface area contributed by atoms with E-state index in [-0.39, 0.29) is 11.3 Å². The maximum Gasteiger partial charge on any atom is 0.294 e. The first-order chi connectivity index (χ1) is 13.6. The molecule has 1 aliphatic rings. The first kappa shape index (κ1) is 18.3. The van der Waals surface area contributed by atoms with E-state index in [2.05, 4.69) is 15.3 Å². The van der Waals surface area contributed by atoms with Gasteiger partial charge in [0.05, 0.1) is 16.9 Å². The van der Waals surface area contributed by atoms with Gasteiger partial charge in [0, 0.05) is 28.9 Å². The summed E-state index contributed by atoms with van der Waals surface area (Å²) in [4.78, 5) is 33.3. The Morgan fingerprint density at radius 1 is 1.21 bits per heavy atom. The molecule has 144 valence electrons. The van der Waals surface area contributed by atoms with Crippen LogP contribution in [-0.4, -0.2) is 25.4 Å². The van der Waals surface area contributed by atoms with Crippen molar-refractivity contribution in [2.45, 2.75) is 38.5 Å². The summed E-state index contributed by atoms with van der Waals surface area (Å²) in [7, 11) is 0. The summed E-state index contributed by atoms with van der Waals surface area (Å²) in [5.41, 5.74) is 1.49. The van der Waals surface area contributed by atoms with Crippen molar-refractivity contribution in [1.82, 2.24) is 14.5 Å². The van der Waals surface area contributed by atoms with Crippen molar-refractivity contribution in [2.75, 3.05) is 5.32 Å². The lowest BCUT2D eigenvalue weighted by atomic mass is 10.0. The minimum Gasteiger partial charge on any atom is -0.300 e. The molecule has 3 aromatic rings. The average Bonchev–Trinajstić information content (AvgIpc) is 3.31. The second kappa shape index (κ2) is 7.89. The highest BCUT2D eigenvalue weighted by atomic mass is 32.1. The molecule has 0 spiro atoms. The number of anilines is 1. The van der Waals surface area contributed by atoms with Crippen LogP contribution in [0.2, 0.25) is 0 Å². The Morgan fingerprint density at radius 3 is 2.79 bits per heavy atom. The fourth-order valence-electron chi connectivity index (χ4n) is 3.36. The van der Waals surface area contributed by atoms with E-state index in [0.29, 0.717) is 10.8 Å². The molecule has 28 heavy (non-hydrogen) atoms. The van der Waals surface area contributed by atoms with Crippen molar-refractivity contribution >= 4 is 28.1 Å². The third kappa shape index (κ3) is 3.79. The molecule has 8 nitrogen and oxygen atoms in total. The number of nitro groups is 1. The van der Waals surface area contributed by atoms with Crippen LogP contribution >= 0.6 is 11.3 Å². The van der Waals surface area contributed by atoms with Gasteiger partial charge in [-0.3, -0.25) is 20.2 Å². The zero-order chi connectivity index (χ0) is 19.5.